The van der Waals surface area contributed by atoms with E-state index in [9.17, 15) is 9.59 Å². The molecule has 0 aromatic heterocycles. The summed E-state index contributed by atoms with van der Waals surface area (Å²) in [4.78, 5) is 24.6. The van der Waals surface area contributed by atoms with Crippen LogP contribution in [0.1, 0.15) is 10.4 Å². The van der Waals surface area contributed by atoms with Gasteiger partial charge in [-0.3, -0.25) is 4.79 Å². The fourth-order valence-corrected chi connectivity index (χ4v) is 1.72. The maximum absolute atomic E-state index is 11.9. The van der Waals surface area contributed by atoms with Crippen LogP contribution < -0.4 is 11.1 Å². The number of urea groups is 1. The summed E-state index contributed by atoms with van der Waals surface area (Å²) in [6.07, 6.45) is 0. The predicted molar refractivity (Wildman–Crippen MR) is 66.4 cm³/mol. The Morgan fingerprint density at radius 2 is 2.00 bits per heavy atom. The molecule has 0 atom stereocenters. The molecule has 0 unspecified atom stereocenters. The average molecular weight is 249 g/mol. The first kappa shape index (κ1) is 12.4. The van der Waals surface area contributed by atoms with Gasteiger partial charge in [0, 0.05) is 24.3 Å². The van der Waals surface area contributed by atoms with E-state index >= 15 is 0 Å². The first-order valence-electron chi connectivity index (χ1n) is 5.70. The lowest BCUT2D eigenvalue weighted by molar-refractivity contribution is 0.0564. The zero-order chi connectivity index (χ0) is 13.0. The Labute approximate surface area is 105 Å². The van der Waals surface area contributed by atoms with Crippen LogP contribution in [0.15, 0.2) is 24.3 Å². The molecule has 0 bridgehead atoms. The molecule has 1 heterocycles. The van der Waals surface area contributed by atoms with Crippen LogP contribution in [0.5, 0.6) is 0 Å². The minimum absolute atomic E-state index is 0.195. The summed E-state index contributed by atoms with van der Waals surface area (Å²) < 4.78 is 5.17. The Kier molecular flexibility index (Phi) is 3.78. The van der Waals surface area contributed by atoms with E-state index in [1.54, 1.807) is 29.2 Å². The highest BCUT2D eigenvalue weighted by Crippen LogP contribution is 2.11. The molecular weight excluding hydrogens is 234 g/mol. The smallest absolute Gasteiger partial charge is 0.321 e. The second kappa shape index (κ2) is 5.50. The fourth-order valence-electron chi connectivity index (χ4n) is 1.72. The summed E-state index contributed by atoms with van der Waals surface area (Å²) in [7, 11) is 0. The fraction of sp³-hybridized carbons (Fsp3) is 0.333. The Hall–Kier alpha value is -2.08. The van der Waals surface area contributed by atoms with Crippen LogP contribution in [0.3, 0.4) is 0 Å². The van der Waals surface area contributed by atoms with E-state index in [0.29, 0.717) is 37.6 Å². The number of hydrogen-bond donors (Lipinski definition) is 2. The van der Waals surface area contributed by atoms with Crippen molar-refractivity contribution in [3.8, 4) is 0 Å². The first-order valence-corrected chi connectivity index (χ1v) is 5.70. The van der Waals surface area contributed by atoms with E-state index in [1.807, 2.05) is 0 Å². The molecular formula is C12H15N3O3. The summed E-state index contributed by atoms with van der Waals surface area (Å²) in [5.74, 6) is -0.516. The minimum atomic E-state index is -0.516. The zero-order valence-corrected chi connectivity index (χ0v) is 9.89. The monoisotopic (exact) mass is 249 g/mol. The molecule has 0 aliphatic carbocycles. The number of nitrogens with zero attached hydrogens (tertiary/aromatic N) is 1. The normalized spacial score (nSPS) is 15.2. The lowest BCUT2D eigenvalue weighted by atomic mass is 10.2. The molecule has 0 saturated carbocycles. The molecule has 1 aromatic rings. The number of amides is 3. The van der Waals surface area contributed by atoms with Crippen molar-refractivity contribution in [2.45, 2.75) is 0 Å². The van der Waals surface area contributed by atoms with Gasteiger partial charge in [-0.2, -0.15) is 0 Å². The number of ether oxygens (including phenoxy) is 1. The van der Waals surface area contributed by atoms with Crippen LogP contribution in [0, 0.1) is 0 Å². The van der Waals surface area contributed by atoms with Gasteiger partial charge in [-0.15, -0.1) is 0 Å². The lowest BCUT2D eigenvalue weighted by Crippen LogP contribution is -2.43. The molecule has 2 rings (SSSR count). The standard InChI is InChI=1S/C12H15N3O3/c13-11(16)9-2-1-3-10(8-9)14-12(17)15-4-6-18-7-5-15/h1-3,8H,4-7H2,(H2,13,16)(H,14,17). The Morgan fingerprint density at radius 1 is 1.28 bits per heavy atom. The van der Waals surface area contributed by atoms with Gasteiger partial charge in [0.15, 0.2) is 0 Å². The van der Waals surface area contributed by atoms with Gasteiger partial charge in [0.1, 0.15) is 0 Å². The molecule has 3 N–H and O–H groups in total. The summed E-state index contributed by atoms with van der Waals surface area (Å²) >= 11 is 0. The third kappa shape index (κ3) is 2.98. The summed E-state index contributed by atoms with van der Waals surface area (Å²) in [6, 6.07) is 6.35. The molecule has 3 amide bonds. The van der Waals surface area contributed by atoms with E-state index < -0.39 is 5.91 Å². The predicted octanol–water partition coefficient (Wildman–Crippen LogP) is 0.650. The summed E-state index contributed by atoms with van der Waals surface area (Å²) in [5, 5.41) is 2.73. The van der Waals surface area contributed by atoms with E-state index in [-0.39, 0.29) is 6.03 Å². The molecule has 6 heteroatoms. The molecule has 1 fully saturated rings. The molecule has 18 heavy (non-hydrogen) atoms. The van der Waals surface area contributed by atoms with Crippen molar-refractivity contribution in [2.24, 2.45) is 5.73 Å². The highest BCUT2D eigenvalue weighted by Gasteiger charge is 2.16. The second-order valence-electron chi connectivity index (χ2n) is 3.97. The van der Waals surface area contributed by atoms with Crippen molar-refractivity contribution < 1.29 is 14.3 Å². The van der Waals surface area contributed by atoms with Crippen molar-refractivity contribution in [1.82, 2.24) is 4.90 Å². The number of morpholine rings is 1. The zero-order valence-electron chi connectivity index (χ0n) is 9.89. The number of primary amides is 1. The Balaban J connectivity index is 2.02. The van der Waals surface area contributed by atoms with Crippen LogP contribution in [-0.2, 0) is 4.74 Å². The average Bonchev–Trinajstić information content (AvgIpc) is 2.40. The van der Waals surface area contributed by atoms with Gasteiger partial charge in [0.2, 0.25) is 5.91 Å². The number of benzene rings is 1. The van der Waals surface area contributed by atoms with Gasteiger partial charge >= 0.3 is 6.03 Å². The summed E-state index contributed by atoms with van der Waals surface area (Å²) in [5.41, 5.74) is 6.11. The maximum Gasteiger partial charge on any atom is 0.321 e. The van der Waals surface area contributed by atoms with Crippen LogP contribution in [0.25, 0.3) is 0 Å². The SMILES string of the molecule is NC(=O)c1cccc(NC(=O)N2CCOCC2)c1. The third-order valence-electron chi connectivity index (χ3n) is 2.70. The first-order chi connectivity index (χ1) is 8.66. The number of nitrogens with two attached hydrogens (primary N) is 1. The molecule has 6 nitrogen and oxygen atoms in total. The Morgan fingerprint density at radius 3 is 2.67 bits per heavy atom. The number of nitrogens with one attached hydrogen (secondary N) is 1. The number of hydrogen-bond acceptors (Lipinski definition) is 3. The van der Waals surface area contributed by atoms with Gasteiger partial charge in [0.25, 0.3) is 0 Å². The minimum Gasteiger partial charge on any atom is -0.378 e. The van der Waals surface area contributed by atoms with Gasteiger partial charge < -0.3 is 20.7 Å². The second-order valence-corrected chi connectivity index (χ2v) is 3.97. The van der Waals surface area contributed by atoms with Crippen molar-refractivity contribution in [3.05, 3.63) is 29.8 Å². The van der Waals surface area contributed by atoms with Gasteiger partial charge in [-0.1, -0.05) is 6.07 Å². The molecule has 0 radical (unpaired) electrons. The van der Waals surface area contributed by atoms with E-state index in [4.69, 9.17) is 10.5 Å². The summed E-state index contributed by atoms with van der Waals surface area (Å²) in [6.45, 7) is 2.24. The largest absolute Gasteiger partial charge is 0.378 e. The molecule has 1 aromatic carbocycles. The van der Waals surface area contributed by atoms with Crippen molar-refractivity contribution in [1.29, 1.82) is 0 Å². The number of carbonyl (C=O) groups is 2. The van der Waals surface area contributed by atoms with E-state index in [1.165, 1.54) is 0 Å². The lowest BCUT2D eigenvalue weighted by Gasteiger charge is -2.26. The van der Waals surface area contributed by atoms with Gasteiger partial charge in [0.05, 0.1) is 13.2 Å². The molecule has 1 aliphatic heterocycles. The van der Waals surface area contributed by atoms with Crippen molar-refractivity contribution in [2.75, 3.05) is 31.6 Å². The highest BCUT2D eigenvalue weighted by molar-refractivity contribution is 5.95. The topological polar surface area (TPSA) is 84.7 Å². The number of anilines is 1. The number of rotatable bonds is 2. The van der Waals surface area contributed by atoms with Crippen LogP contribution >= 0.6 is 0 Å². The van der Waals surface area contributed by atoms with Crippen molar-refractivity contribution >= 4 is 17.6 Å². The van der Waals surface area contributed by atoms with E-state index in [2.05, 4.69) is 5.32 Å². The third-order valence-corrected chi connectivity index (χ3v) is 2.70. The van der Waals surface area contributed by atoms with Gasteiger partial charge in [-0.25, -0.2) is 4.79 Å². The van der Waals surface area contributed by atoms with Crippen LogP contribution in [0.4, 0.5) is 10.5 Å². The molecule has 1 aliphatic rings. The molecule has 1 saturated heterocycles. The molecule has 0 spiro atoms. The maximum atomic E-state index is 11.9. The van der Waals surface area contributed by atoms with Crippen LogP contribution in [-0.4, -0.2) is 43.1 Å². The highest BCUT2D eigenvalue weighted by atomic mass is 16.5. The van der Waals surface area contributed by atoms with Crippen molar-refractivity contribution in [3.63, 3.8) is 0 Å². The Bertz CT molecular complexity index is 456. The van der Waals surface area contributed by atoms with Gasteiger partial charge in [-0.05, 0) is 18.2 Å². The van der Waals surface area contributed by atoms with E-state index in [0.717, 1.165) is 0 Å². The van der Waals surface area contributed by atoms with Crippen LogP contribution in [0.2, 0.25) is 0 Å². The number of carbonyl (C=O) groups excluding carboxylic acids is 2. The quantitative estimate of drug-likeness (QED) is 0.807. The molecule has 96 valence electrons.